The molecule has 0 amide bonds. The Morgan fingerprint density at radius 3 is 2.74 bits per heavy atom. The molecule has 0 spiro atoms. The van der Waals surface area contributed by atoms with Gasteiger partial charge in [-0.25, -0.2) is 4.98 Å². The lowest BCUT2D eigenvalue weighted by Crippen LogP contribution is -2.47. The van der Waals surface area contributed by atoms with Crippen molar-refractivity contribution in [1.82, 2.24) is 19.8 Å². The van der Waals surface area contributed by atoms with Gasteiger partial charge in [0.2, 0.25) is 0 Å². The van der Waals surface area contributed by atoms with Crippen LogP contribution >= 0.6 is 12.4 Å². The third kappa shape index (κ3) is 4.48. The maximum absolute atomic E-state index is 4.52. The molecule has 1 saturated heterocycles. The first kappa shape index (κ1) is 16.5. The molecule has 1 N–H and O–H groups in total. The molecule has 4 nitrogen and oxygen atoms in total. The summed E-state index contributed by atoms with van der Waals surface area (Å²) in [7, 11) is 2.08. The summed E-state index contributed by atoms with van der Waals surface area (Å²) in [5.74, 6) is 1.18. The summed E-state index contributed by atoms with van der Waals surface area (Å²) in [5.41, 5.74) is 0.400. The first-order chi connectivity index (χ1) is 8.47. The number of rotatable bonds is 3. The monoisotopic (exact) mass is 286 g/mol. The maximum Gasteiger partial charge on any atom is 0.127 e. The Morgan fingerprint density at radius 1 is 1.42 bits per heavy atom. The van der Waals surface area contributed by atoms with E-state index < -0.39 is 0 Å². The van der Waals surface area contributed by atoms with Gasteiger partial charge in [0.05, 0.1) is 6.04 Å². The quantitative estimate of drug-likeness (QED) is 0.925. The van der Waals surface area contributed by atoms with Gasteiger partial charge in [-0.2, -0.15) is 0 Å². The molecule has 0 radical (unpaired) electrons. The van der Waals surface area contributed by atoms with Crippen LogP contribution in [-0.2, 0) is 7.05 Å². The summed E-state index contributed by atoms with van der Waals surface area (Å²) < 4.78 is 2.14. The molecule has 2 rings (SSSR count). The standard InChI is InChI=1S/C14H26N4.ClH/c1-14(2,3)5-8-18-10-6-15-11-12(18)13-16-7-9-17(13)4;/h7,9,12,15H,5-6,8,10-11H2,1-4H3;1H. The number of halogens is 1. The van der Waals surface area contributed by atoms with Crippen LogP contribution in [0.25, 0.3) is 0 Å². The normalized spacial score (nSPS) is 21.2. The van der Waals surface area contributed by atoms with E-state index in [4.69, 9.17) is 0 Å². The molecular weight excluding hydrogens is 260 g/mol. The molecule has 110 valence electrons. The van der Waals surface area contributed by atoms with E-state index in [1.807, 2.05) is 12.4 Å². The fourth-order valence-corrected chi connectivity index (χ4v) is 2.45. The number of hydrogen-bond acceptors (Lipinski definition) is 3. The first-order valence-corrected chi connectivity index (χ1v) is 6.89. The first-order valence-electron chi connectivity index (χ1n) is 6.89. The van der Waals surface area contributed by atoms with Crippen LogP contribution in [0.3, 0.4) is 0 Å². The zero-order valence-electron chi connectivity index (χ0n) is 12.5. The van der Waals surface area contributed by atoms with Gasteiger partial charge in [0.1, 0.15) is 5.82 Å². The zero-order valence-corrected chi connectivity index (χ0v) is 13.3. The molecule has 5 heteroatoms. The van der Waals surface area contributed by atoms with E-state index in [-0.39, 0.29) is 12.4 Å². The second-order valence-electron chi connectivity index (χ2n) is 6.46. The van der Waals surface area contributed by atoms with E-state index in [9.17, 15) is 0 Å². The Labute approximate surface area is 123 Å². The van der Waals surface area contributed by atoms with Gasteiger partial charge < -0.3 is 9.88 Å². The molecule has 0 bridgehead atoms. The van der Waals surface area contributed by atoms with Crippen LogP contribution in [0, 0.1) is 5.41 Å². The highest BCUT2D eigenvalue weighted by Gasteiger charge is 2.27. The molecule has 1 atom stereocenters. The topological polar surface area (TPSA) is 33.1 Å². The van der Waals surface area contributed by atoms with Crippen LogP contribution in [0.15, 0.2) is 12.4 Å². The van der Waals surface area contributed by atoms with E-state index in [1.54, 1.807) is 0 Å². The molecule has 1 aromatic rings. The number of nitrogens with one attached hydrogen (secondary N) is 1. The molecule has 1 aliphatic rings. The lowest BCUT2D eigenvalue weighted by Gasteiger charge is -2.37. The molecule has 19 heavy (non-hydrogen) atoms. The van der Waals surface area contributed by atoms with Crippen LogP contribution < -0.4 is 5.32 Å². The van der Waals surface area contributed by atoms with Crippen LogP contribution in [0.2, 0.25) is 0 Å². The highest BCUT2D eigenvalue weighted by molar-refractivity contribution is 5.85. The minimum atomic E-state index is 0. The summed E-state index contributed by atoms with van der Waals surface area (Å²) >= 11 is 0. The van der Waals surface area contributed by atoms with E-state index in [1.165, 1.54) is 12.2 Å². The SMILES string of the molecule is Cl.Cn1ccnc1C1CNCCN1CCC(C)(C)C. The molecule has 1 fully saturated rings. The van der Waals surface area contributed by atoms with E-state index in [0.29, 0.717) is 11.5 Å². The fourth-order valence-electron chi connectivity index (χ4n) is 2.45. The summed E-state index contributed by atoms with van der Waals surface area (Å²) in [6.45, 7) is 11.3. The van der Waals surface area contributed by atoms with E-state index in [0.717, 1.165) is 26.2 Å². The van der Waals surface area contributed by atoms with Gasteiger partial charge in [0, 0.05) is 39.1 Å². The molecule has 2 heterocycles. The van der Waals surface area contributed by atoms with Crippen molar-refractivity contribution in [2.24, 2.45) is 12.5 Å². The van der Waals surface area contributed by atoms with Crippen molar-refractivity contribution in [3.8, 4) is 0 Å². The van der Waals surface area contributed by atoms with Gasteiger partial charge in [0.15, 0.2) is 0 Å². The second kappa shape index (κ2) is 6.73. The van der Waals surface area contributed by atoms with Crippen molar-refractivity contribution >= 4 is 12.4 Å². The Hall–Kier alpha value is -0.580. The molecule has 1 aromatic heterocycles. The highest BCUT2D eigenvalue weighted by Crippen LogP contribution is 2.24. The second-order valence-corrected chi connectivity index (χ2v) is 6.46. The van der Waals surface area contributed by atoms with Crippen molar-refractivity contribution in [3.05, 3.63) is 18.2 Å². The smallest absolute Gasteiger partial charge is 0.127 e. The molecule has 0 saturated carbocycles. The van der Waals surface area contributed by atoms with Crippen molar-refractivity contribution in [2.45, 2.75) is 33.2 Å². The highest BCUT2D eigenvalue weighted by atomic mass is 35.5. The van der Waals surface area contributed by atoms with E-state index in [2.05, 4.69) is 47.6 Å². The average Bonchev–Trinajstić information content (AvgIpc) is 2.72. The van der Waals surface area contributed by atoms with Gasteiger partial charge in [-0.3, -0.25) is 4.90 Å². The number of nitrogens with zero attached hydrogens (tertiary/aromatic N) is 3. The summed E-state index contributed by atoms with van der Waals surface area (Å²) in [4.78, 5) is 7.09. The van der Waals surface area contributed by atoms with Crippen molar-refractivity contribution < 1.29 is 0 Å². The minimum Gasteiger partial charge on any atom is -0.337 e. The number of imidazole rings is 1. The predicted octanol–water partition coefficient (Wildman–Crippen LogP) is 2.22. The summed E-state index contributed by atoms with van der Waals surface area (Å²) in [6, 6.07) is 0.418. The van der Waals surface area contributed by atoms with Crippen LogP contribution in [0.1, 0.15) is 39.1 Å². The molecule has 0 aliphatic carbocycles. The Bertz CT molecular complexity index is 383. The Morgan fingerprint density at radius 2 is 2.16 bits per heavy atom. The van der Waals surface area contributed by atoms with E-state index >= 15 is 0 Å². The van der Waals surface area contributed by atoms with Gasteiger partial charge >= 0.3 is 0 Å². The lowest BCUT2D eigenvalue weighted by atomic mass is 9.91. The van der Waals surface area contributed by atoms with Gasteiger partial charge in [-0.15, -0.1) is 12.4 Å². The summed E-state index contributed by atoms with van der Waals surface area (Å²) in [5, 5.41) is 3.48. The molecule has 0 aromatic carbocycles. The van der Waals surface area contributed by atoms with Crippen molar-refractivity contribution in [1.29, 1.82) is 0 Å². The molecule has 1 aliphatic heterocycles. The average molecular weight is 287 g/mol. The van der Waals surface area contributed by atoms with Crippen molar-refractivity contribution in [2.75, 3.05) is 26.2 Å². The largest absolute Gasteiger partial charge is 0.337 e. The van der Waals surface area contributed by atoms with Crippen LogP contribution in [-0.4, -0.2) is 40.6 Å². The summed E-state index contributed by atoms with van der Waals surface area (Å²) in [6.07, 6.45) is 5.16. The number of hydrogen-bond donors (Lipinski definition) is 1. The van der Waals surface area contributed by atoms with Gasteiger partial charge in [0.25, 0.3) is 0 Å². The number of aromatic nitrogens is 2. The lowest BCUT2D eigenvalue weighted by molar-refractivity contribution is 0.134. The zero-order chi connectivity index (χ0) is 13.2. The molecule has 1 unspecified atom stereocenters. The van der Waals surface area contributed by atoms with Crippen molar-refractivity contribution in [3.63, 3.8) is 0 Å². The van der Waals surface area contributed by atoms with Gasteiger partial charge in [-0.1, -0.05) is 20.8 Å². The van der Waals surface area contributed by atoms with Gasteiger partial charge in [-0.05, 0) is 18.4 Å². The fraction of sp³-hybridized carbons (Fsp3) is 0.786. The Balaban J connectivity index is 0.00000180. The molecular formula is C14H27ClN4. The van der Waals surface area contributed by atoms with Crippen LogP contribution in [0.5, 0.6) is 0 Å². The minimum absolute atomic E-state index is 0. The number of piperazine rings is 1. The van der Waals surface area contributed by atoms with Crippen LogP contribution in [0.4, 0.5) is 0 Å². The predicted molar refractivity (Wildman–Crippen MR) is 81.7 cm³/mol. The third-order valence-corrected chi connectivity index (χ3v) is 3.66. The third-order valence-electron chi connectivity index (χ3n) is 3.66. The number of aryl methyl sites for hydroxylation is 1. The maximum atomic E-state index is 4.52. The Kier molecular flexibility index (Phi) is 5.83.